The van der Waals surface area contributed by atoms with Crippen LogP contribution in [0, 0.1) is 0 Å². The van der Waals surface area contributed by atoms with Gasteiger partial charge >= 0.3 is 13.8 Å². The third-order valence-corrected chi connectivity index (χ3v) is 11.8. The number of unbranched alkanes of at least 4 members (excludes halogenated alkanes) is 34. The molecule has 0 radical (unpaired) electrons. The van der Waals surface area contributed by atoms with E-state index in [2.05, 4.69) is 13.8 Å². The van der Waals surface area contributed by atoms with Crippen LogP contribution in [0.1, 0.15) is 251 Å². The topological polar surface area (TPSA) is 117 Å². The molecule has 0 rings (SSSR count). The number of rotatable bonds is 47. The van der Waals surface area contributed by atoms with Gasteiger partial charge in [-0.05, 0) is 25.3 Å². The van der Waals surface area contributed by atoms with Gasteiger partial charge in [0, 0.05) is 13.0 Å². The number of carbonyl (C=O) groups excluding carboxylic acids is 1. The molecule has 0 spiro atoms. The summed E-state index contributed by atoms with van der Waals surface area (Å²) < 4.78 is 33.3. The van der Waals surface area contributed by atoms with Crippen LogP contribution in [0.3, 0.4) is 0 Å². The van der Waals surface area contributed by atoms with Crippen LogP contribution in [0.4, 0.5) is 0 Å². The molecular formula is C47H94NO7P. The highest BCUT2D eigenvalue weighted by molar-refractivity contribution is 7.47. The van der Waals surface area contributed by atoms with E-state index in [1.165, 1.54) is 199 Å². The van der Waals surface area contributed by atoms with Crippen molar-refractivity contribution in [3.63, 3.8) is 0 Å². The molecule has 0 aromatic heterocycles. The molecule has 0 aliphatic heterocycles. The highest BCUT2D eigenvalue weighted by Gasteiger charge is 2.25. The molecule has 8 nitrogen and oxygen atoms in total. The lowest BCUT2D eigenvalue weighted by Gasteiger charge is -2.19. The first-order valence-corrected chi connectivity index (χ1v) is 25.7. The van der Waals surface area contributed by atoms with E-state index in [4.69, 9.17) is 24.3 Å². The minimum absolute atomic E-state index is 0.0389. The van der Waals surface area contributed by atoms with Crippen molar-refractivity contribution in [3.8, 4) is 0 Å². The van der Waals surface area contributed by atoms with E-state index in [0.717, 1.165) is 32.1 Å². The Morgan fingerprint density at radius 1 is 0.536 bits per heavy atom. The zero-order valence-electron chi connectivity index (χ0n) is 37.1. The number of allylic oxidation sites excluding steroid dienone is 1. The van der Waals surface area contributed by atoms with Gasteiger partial charge in [0.1, 0.15) is 6.61 Å². The number of nitrogens with two attached hydrogens (primary N) is 1. The van der Waals surface area contributed by atoms with Crippen LogP contribution < -0.4 is 5.73 Å². The quantitative estimate of drug-likeness (QED) is 0.0270. The number of phosphoric ester groups is 1. The first kappa shape index (κ1) is 55.1. The molecule has 0 bridgehead atoms. The van der Waals surface area contributed by atoms with Gasteiger partial charge in [-0.2, -0.15) is 0 Å². The maximum absolute atomic E-state index is 12.6. The van der Waals surface area contributed by atoms with Crippen molar-refractivity contribution in [2.45, 2.75) is 258 Å². The van der Waals surface area contributed by atoms with Crippen molar-refractivity contribution >= 4 is 13.8 Å². The normalized spacial score (nSPS) is 13.4. The molecule has 1 unspecified atom stereocenters. The fourth-order valence-electron chi connectivity index (χ4n) is 7.20. The number of hydrogen-bond donors (Lipinski definition) is 2. The third kappa shape index (κ3) is 44.2. The maximum Gasteiger partial charge on any atom is 0.472 e. The molecule has 3 N–H and O–H groups in total. The first-order valence-electron chi connectivity index (χ1n) is 24.2. The van der Waals surface area contributed by atoms with Gasteiger partial charge in [0.25, 0.3) is 0 Å². The van der Waals surface area contributed by atoms with Gasteiger partial charge in [-0.25, -0.2) is 4.57 Å². The summed E-state index contributed by atoms with van der Waals surface area (Å²) in [6.45, 7) is 4.30. The second-order valence-electron chi connectivity index (χ2n) is 16.4. The first-order chi connectivity index (χ1) is 27.4. The Morgan fingerprint density at radius 2 is 0.893 bits per heavy atom. The summed E-state index contributed by atoms with van der Waals surface area (Å²) in [6.07, 6.45) is 50.5. The van der Waals surface area contributed by atoms with E-state index in [0.29, 0.717) is 6.42 Å². The van der Waals surface area contributed by atoms with E-state index >= 15 is 0 Å². The molecular weight excluding hydrogens is 721 g/mol. The van der Waals surface area contributed by atoms with Gasteiger partial charge in [0.05, 0.1) is 19.5 Å². The lowest BCUT2D eigenvalue weighted by molar-refractivity contribution is -0.153. The highest BCUT2D eigenvalue weighted by Crippen LogP contribution is 2.43. The van der Waals surface area contributed by atoms with E-state index in [-0.39, 0.29) is 32.3 Å². The van der Waals surface area contributed by atoms with Crippen LogP contribution in [-0.2, 0) is 27.9 Å². The van der Waals surface area contributed by atoms with Crippen molar-refractivity contribution < 1.29 is 32.8 Å². The minimum Gasteiger partial charge on any atom is -0.498 e. The van der Waals surface area contributed by atoms with Crippen molar-refractivity contribution in [2.24, 2.45) is 5.73 Å². The van der Waals surface area contributed by atoms with E-state index in [9.17, 15) is 14.3 Å². The molecule has 0 aliphatic carbocycles. The Morgan fingerprint density at radius 3 is 1.27 bits per heavy atom. The average Bonchev–Trinajstić information content (AvgIpc) is 3.19. The lowest BCUT2D eigenvalue weighted by Crippen LogP contribution is -2.27. The Hall–Kier alpha value is -0.920. The van der Waals surface area contributed by atoms with Crippen molar-refractivity contribution in [1.29, 1.82) is 0 Å². The summed E-state index contributed by atoms with van der Waals surface area (Å²) >= 11 is 0. The molecule has 9 heteroatoms. The van der Waals surface area contributed by atoms with Gasteiger partial charge < -0.3 is 20.1 Å². The van der Waals surface area contributed by atoms with Crippen LogP contribution in [0.5, 0.6) is 0 Å². The van der Waals surface area contributed by atoms with E-state index in [1.807, 2.05) is 6.08 Å². The van der Waals surface area contributed by atoms with Crippen LogP contribution in [0.15, 0.2) is 12.3 Å². The van der Waals surface area contributed by atoms with Gasteiger partial charge in [-0.1, -0.05) is 226 Å². The molecule has 0 saturated heterocycles. The number of ether oxygens (including phenoxy) is 2. The smallest absolute Gasteiger partial charge is 0.472 e. The second kappa shape index (κ2) is 45.2. The molecule has 0 aromatic carbocycles. The summed E-state index contributed by atoms with van der Waals surface area (Å²) in [6, 6.07) is 0. The summed E-state index contributed by atoms with van der Waals surface area (Å²) in [4.78, 5) is 22.5. The molecule has 56 heavy (non-hydrogen) atoms. The Labute approximate surface area is 347 Å². The van der Waals surface area contributed by atoms with Crippen LogP contribution in [-0.4, -0.2) is 43.3 Å². The number of carbonyl (C=O) groups is 1. The van der Waals surface area contributed by atoms with E-state index in [1.54, 1.807) is 6.26 Å². The molecule has 0 aliphatic rings. The molecule has 0 saturated carbocycles. The SMILES string of the molecule is CCCCCCCCCCCCCCCC/C=C/OC[C@H](COP(=O)(O)OCCN)OC(=O)CCCCCCCCCCCCCCCCCCCCCCC. The fourth-order valence-corrected chi connectivity index (χ4v) is 7.97. The fraction of sp³-hybridized carbons (Fsp3) is 0.936. The number of esters is 1. The predicted octanol–water partition coefficient (Wildman–Crippen LogP) is 15.0. The Bertz CT molecular complexity index is 873. The monoisotopic (exact) mass is 816 g/mol. The van der Waals surface area contributed by atoms with Crippen molar-refractivity contribution in [1.82, 2.24) is 0 Å². The van der Waals surface area contributed by atoms with Crippen molar-refractivity contribution in [2.75, 3.05) is 26.4 Å². The van der Waals surface area contributed by atoms with Crippen LogP contribution in [0.25, 0.3) is 0 Å². The largest absolute Gasteiger partial charge is 0.498 e. The maximum atomic E-state index is 12.6. The molecule has 0 heterocycles. The second-order valence-corrected chi connectivity index (χ2v) is 17.9. The van der Waals surface area contributed by atoms with Crippen molar-refractivity contribution in [3.05, 3.63) is 12.3 Å². The molecule has 0 aromatic rings. The summed E-state index contributed by atoms with van der Waals surface area (Å²) in [5.41, 5.74) is 5.37. The molecule has 0 amide bonds. The lowest BCUT2D eigenvalue weighted by atomic mass is 10.0. The highest BCUT2D eigenvalue weighted by atomic mass is 31.2. The third-order valence-electron chi connectivity index (χ3n) is 10.8. The van der Waals surface area contributed by atoms with Gasteiger partial charge in [-0.3, -0.25) is 13.8 Å². The predicted molar refractivity (Wildman–Crippen MR) is 238 cm³/mol. The van der Waals surface area contributed by atoms with Crippen LogP contribution >= 0.6 is 7.82 Å². The number of hydrogen-bond acceptors (Lipinski definition) is 7. The zero-order valence-corrected chi connectivity index (χ0v) is 38.0. The van der Waals surface area contributed by atoms with E-state index < -0.39 is 13.9 Å². The summed E-state index contributed by atoms with van der Waals surface area (Å²) in [5, 5.41) is 0. The standard InChI is InChI=1S/C47H94NO7P/c1-3-5-7-9-11-13-15-17-19-21-22-23-24-25-26-28-30-32-34-36-38-40-47(49)55-46(45-54-56(50,51)53-43-41-48)44-52-42-39-37-35-33-31-29-27-20-18-16-14-12-10-8-6-4-2/h39,42,46H,3-38,40-41,43-45,48H2,1-2H3,(H,50,51)/b42-39+/t46-/m1/s1. The summed E-state index contributed by atoms with van der Waals surface area (Å²) in [7, 11) is -4.29. The van der Waals surface area contributed by atoms with Gasteiger partial charge in [-0.15, -0.1) is 0 Å². The minimum atomic E-state index is -4.29. The average molecular weight is 816 g/mol. The Balaban J connectivity index is 3.95. The molecule has 0 fully saturated rings. The van der Waals surface area contributed by atoms with Gasteiger partial charge in [0.15, 0.2) is 6.10 Å². The zero-order chi connectivity index (χ0) is 40.9. The number of phosphoric acid groups is 1. The van der Waals surface area contributed by atoms with Gasteiger partial charge in [0.2, 0.25) is 0 Å². The summed E-state index contributed by atoms with van der Waals surface area (Å²) in [5.74, 6) is -0.345. The Kier molecular flexibility index (Phi) is 44.4. The van der Waals surface area contributed by atoms with Crippen LogP contribution in [0.2, 0.25) is 0 Å². The molecule has 2 atom stereocenters. The molecule has 334 valence electrons.